The first kappa shape index (κ1) is 9.70. The number of aldehydes is 1. The smallest absolute Gasteiger partial charge is 0.229 e. The Morgan fingerprint density at radius 1 is 1.15 bits per heavy atom. The molecule has 13 heavy (non-hydrogen) atoms. The number of carbonyl (C=O) groups excluding carboxylic acids is 3. The van der Waals surface area contributed by atoms with Gasteiger partial charge in [-0.25, -0.2) is 0 Å². The second-order valence-electron chi connectivity index (χ2n) is 2.89. The number of nitrogens with zero attached hydrogens (tertiary/aromatic N) is 2. The zero-order valence-electron chi connectivity index (χ0n) is 7.31. The molecular formula is C8H12N2O3. The molecule has 1 fully saturated rings. The number of hydrogen-bond acceptors (Lipinski definition) is 3. The summed E-state index contributed by atoms with van der Waals surface area (Å²) in [6.45, 7) is 2.19. The van der Waals surface area contributed by atoms with Gasteiger partial charge >= 0.3 is 0 Å². The molecule has 0 unspecified atom stereocenters. The highest BCUT2D eigenvalue weighted by Gasteiger charge is 2.18. The van der Waals surface area contributed by atoms with Gasteiger partial charge in [0.05, 0.1) is 6.42 Å². The predicted molar refractivity (Wildman–Crippen MR) is 44.9 cm³/mol. The number of hydrogen-bond donors (Lipinski definition) is 0. The topological polar surface area (TPSA) is 57.7 Å². The molecule has 0 atom stereocenters. The summed E-state index contributed by atoms with van der Waals surface area (Å²) in [6, 6.07) is 0. The van der Waals surface area contributed by atoms with Gasteiger partial charge in [0.25, 0.3) is 0 Å². The summed E-state index contributed by atoms with van der Waals surface area (Å²) < 4.78 is 0. The summed E-state index contributed by atoms with van der Waals surface area (Å²) in [5, 5.41) is 0. The van der Waals surface area contributed by atoms with Crippen LogP contribution in [-0.2, 0) is 14.4 Å². The minimum atomic E-state index is -0.152. The summed E-state index contributed by atoms with van der Waals surface area (Å²) >= 11 is 0. The third-order valence-corrected chi connectivity index (χ3v) is 2.07. The van der Waals surface area contributed by atoms with Gasteiger partial charge in [-0.15, -0.1) is 0 Å². The van der Waals surface area contributed by atoms with Crippen LogP contribution in [0, 0.1) is 0 Å². The molecule has 0 saturated carbocycles. The number of piperazine rings is 1. The van der Waals surface area contributed by atoms with Crippen molar-refractivity contribution in [1.82, 2.24) is 9.80 Å². The van der Waals surface area contributed by atoms with Crippen LogP contribution in [0.3, 0.4) is 0 Å². The van der Waals surface area contributed by atoms with Crippen molar-refractivity contribution in [2.45, 2.75) is 6.42 Å². The minimum absolute atomic E-state index is 0.0545. The van der Waals surface area contributed by atoms with Gasteiger partial charge in [-0.1, -0.05) is 0 Å². The van der Waals surface area contributed by atoms with Crippen LogP contribution in [0.25, 0.3) is 0 Å². The highest BCUT2D eigenvalue weighted by Crippen LogP contribution is 2.00. The molecule has 0 bridgehead atoms. The first-order chi connectivity index (χ1) is 6.27. The lowest BCUT2D eigenvalue weighted by atomic mass is 10.3. The van der Waals surface area contributed by atoms with E-state index in [4.69, 9.17) is 0 Å². The highest BCUT2D eigenvalue weighted by molar-refractivity contribution is 5.88. The fourth-order valence-electron chi connectivity index (χ4n) is 1.28. The Labute approximate surface area is 76.3 Å². The van der Waals surface area contributed by atoms with E-state index in [-0.39, 0.29) is 12.3 Å². The maximum Gasteiger partial charge on any atom is 0.229 e. The van der Waals surface area contributed by atoms with Gasteiger partial charge in [0, 0.05) is 26.2 Å². The first-order valence-electron chi connectivity index (χ1n) is 4.18. The van der Waals surface area contributed by atoms with Crippen molar-refractivity contribution in [1.29, 1.82) is 0 Å². The van der Waals surface area contributed by atoms with E-state index in [2.05, 4.69) is 0 Å². The number of rotatable bonds is 3. The van der Waals surface area contributed by atoms with E-state index in [1.165, 1.54) is 0 Å². The van der Waals surface area contributed by atoms with E-state index >= 15 is 0 Å². The normalized spacial score (nSPS) is 16.9. The van der Waals surface area contributed by atoms with Crippen LogP contribution in [-0.4, -0.2) is 54.6 Å². The Morgan fingerprint density at radius 3 is 2.23 bits per heavy atom. The molecule has 0 aromatic heterocycles. The first-order valence-corrected chi connectivity index (χ1v) is 4.18. The largest absolute Gasteiger partial charge is 0.342 e. The Hall–Kier alpha value is -1.39. The van der Waals surface area contributed by atoms with Gasteiger partial charge in [-0.2, -0.15) is 0 Å². The molecule has 1 rings (SSSR count). The average Bonchev–Trinajstić information content (AvgIpc) is 2.18. The van der Waals surface area contributed by atoms with Crippen LogP contribution >= 0.6 is 0 Å². The van der Waals surface area contributed by atoms with Gasteiger partial charge in [-0.05, 0) is 0 Å². The summed E-state index contributed by atoms with van der Waals surface area (Å²) in [5.41, 5.74) is 0. The van der Waals surface area contributed by atoms with Gasteiger partial charge in [0.1, 0.15) is 6.29 Å². The lowest BCUT2D eigenvalue weighted by Gasteiger charge is -2.32. The Kier molecular flexibility index (Phi) is 3.42. The molecule has 0 aromatic rings. The standard InChI is InChI=1S/C8H12N2O3/c11-6-1-8(13)10-4-2-9(7-12)3-5-10/h6-7H,1-5H2. The molecule has 0 radical (unpaired) electrons. The molecule has 72 valence electrons. The molecule has 1 heterocycles. The van der Waals surface area contributed by atoms with Crippen LogP contribution in [0.1, 0.15) is 6.42 Å². The van der Waals surface area contributed by atoms with Crippen LogP contribution in [0.15, 0.2) is 0 Å². The zero-order chi connectivity index (χ0) is 9.68. The van der Waals surface area contributed by atoms with E-state index in [0.29, 0.717) is 32.5 Å². The molecule has 0 spiro atoms. The van der Waals surface area contributed by atoms with Crippen molar-refractivity contribution in [3.8, 4) is 0 Å². The monoisotopic (exact) mass is 184 g/mol. The summed E-state index contributed by atoms with van der Waals surface area (Å²) in [6.07, 6.45) is 1.33. The SMILES string of the molecule is O=CCC(=O)N1CCN(C=O)CC1. The fourth-order valence-corrected chi connectivity index (χ4v) is 1.28. The van der Waals surface area contributed by atoms with Crippen molar-refractivity contribution in [3.63, 3.8) is 0 Å². The molecule has 0 N–H and O–H groups in total. The van der Waals surface area contributed by atoms with Crippen LogP contribution in [0.4, 0.5) is 0 Å². The summed E-state index contributed by atoms with van der Waals surface area (Å²) in [4.78, 5) is 34.8. The van der Waals surface area contributed by atoms with Crippen LogP contribution < -0.4 is 0 Å². The lowest BCUT2D eigenvalue weighted by Crippen LogP contribution is -2.48. The lowest BCUT2D eigenvalue weighted by molar-refractivity contribution is -0.136. The molecule has 0 aromatic carbocycles. The van der Waals surface area contributed by atoms with E-state index in [1.807, 2.05) is 0 Å². The molecule has 5 heteroatoms. The highest BCUT2D eigenvalue weighted by atomic mass is 16.2. The Morgan fingerprint density at radius 2 is 1.77 bits per heavy atom. The predicted octanol–water partition coefficient (Wildman–Crippen LogP) is -1.12. The van der Waals surface area contributed by atoms with Crippen molar-refractivity contribution in [2.24, 2.45) is 0 Å². The van der Waals surface area contributed by atoms with Gasteiger partial charge in [0.2, 0.25) is 12.3 Å². The van der Waals surface area contributed by atoms with Crippen molar-refractivity contribution in [2.75, 3.05) is 26.2 Å². The molecular weight excluding hydrogens is 172 g/mol. The minimum Gasteiger partial charge on any atom is -0.342 e. The number of amides is 2. The summed E-state index contributed by atoms with van der Waals surface area (Å²) in [5.74, 6) is -0.152. The second-order valence-corrected chi connectivity index (χ2v) is 2.89. The third-order valence-electron chi connectivity index (χ3n) is 2.07. The third kappa shape index (κ3) is 2.54. The second kappa shape index (κ2) is 4.59. The number of carbonyl (C=O) groups is 3. The molecule has 0 aliphatic carbocycles. The quantitative estimate of drug-likeness (QED) is 0.412. The maximum atomic E-state index is 11.2. The van der Waals surface area contributed by atoms with E-state index in [9.17, 15) is 14.4 Å². The zero-order valence-corrected chi connectivity index (χ0v) is 7.31. The molecule has 1 saturated heterocycles. The van der Waals surface area contributed by atoms with Crippen LogP contribution in [0.2, 0.25) is 0 Å². The molecule has 1 aliphatic heterocycles. The van der Waals surface area contributed by atoms with Crippen LogP contribution in [0.5, 0.6) is 0 Å². The molecule has 1 aliphatic rings. The van der Waals surface area contributed by atoms with E-state index < -0.39 is 0 Å². The average molecular weight is 184 g/mol. The van der Waals surface area contributed by atoms with Crippen molar-refractivity contribution in [3.05, 3.63) is 0 Å². The van der Waals surface area contributed by atoms with Crippen molar-refractivity contribution >= 4 is 18.6 Å². The molecule has 2 amide bonds. The fraction of sp³-hybridized carbons (Fsp3) is 0.625. The Balaban J connectivity index is 2.35. The van der Waals surface area contributed by atoms with Gasteiger partial charge < -0.3 is 14.6 Å². The Bertz CT molecular complexity index is 209. The maximum absolute atomic E-state index is 11.2. The van der Waals surface area contributed by atoms with E-state index in [0.717, 1.165) is 6.41 Å². The molecule has 5 nitrogen and oxygen atoms in total. The van der Waals surface area contributed by atoms with E-state index in [1.54, 1.807) is 9.80 Å². The van der Waals surface area contributed by atoms with Gasteiger partial charge in [0.15, 0.2) is 0 Å². The summed E-state index contributed by atoms with van der Waals surface area (Å²) in [7, 11) is 0. The van der Waals surface area contributed by atoms with Gasteiger partial charge in [-0.3, -0.25) is 9.59 Å². The van der Waals surface area contributed by atoms with Crippen molar-refractivity contribution < 1.29 is 14.4 Å².